The van der Waals surface area contributed by atoms with Crippen molar-refractivity contribution in [3.8, 4) is 108 Å². The number of phenolic OH excluding ortho intramolecular Hbond substituents is 15. The number of carbonyl (C=O) groups is 5. The first-order chi connectivity index (χ1) is 31.5. The number of hydrogen-bond donors (Lipinski definition) is 15. The van der Waals surface area contributed by atoms with Crippen molar-refractivity contribution in [1.82, 2.24) is 0 Å². The number of carbonyl (C=O) groups excluding carboxylic acids is 5. The molecule has 1 fully saturated rings. The molecule has 0 saturated heterocycles. The van der Waals surface area contributed by atoms with Crippen LogP contribution in [-0.2, 0) is 23.7 Å². The van der Waals surface area contributed by atoms with Crippen LogP contribution in [0.4, 0.5) is 0 Å². The van der Waals surface area contributed by atoms with Crippen LogP contribution in [0.25, 0.3) is 22.3 Å². The Balaban J connectivity index is 1.37. The normalized spacial score (nSPS) is 20.0. The zero-order valence-electron chi connectivity index (χ0n) is 33.1. The fraction of sp³-hybridized carbons (Fsp3) is 0.167. The van der Waals surface area contributed by atoms with Crippen molar-refractivity contribution in [2.24, 2.45) is 5.92 Å². The molecule has 0 amide bonds. The second kappa shape index (κ2) is 15.6. The second-order valence-electron chi connectivity index (χ2n) is 15.1. The zero-order chi connectivity index (χ0) is 48.8. The fourth-order valence-corrected chi connectivity index (χ4v) is 7.94. The van der Waals surface area contributed by atoms with Crippen LogP contribution in [0.1, 0.15) is 58.2 Å². The van der Waals surface area contributed by atoms with Gasteiger partial charge in [-0.3, -0.25) is 0 Å². The summed E-state index contributed by atoms with van der Waals surface area (Å²) in [5.74, 6) is -29.0. The molecular weight excluding hydrogens is 904 g/mol. The molecule has 348 valence electrons. The highest BCUT2D eigenvalue weighted by molar-refractivity contribution is 6.10. The summed E-state index contributed by atoms with van der Waals surface area (Å²) in [6.45, 7) is -1.03. The van der Waals surface area contributed by atoms with E-state index < -0.39 is 210 Å². The molecule has 0 unspecified atom stereocenters. The first-order valence-electron chi connectivity index (χ1n) is 18.9. The Labute approximate surface area is 369 Å². The fourth-order valence-electron chi connectivity index (χ4n) is 7.94. The Hall–Kier alpha value is -9.55. The lowest BCUT2D eigenvalue weighted by atomic mass is 9.80. The predicted molar refractivity (Wildman–Crippen MR) is 210 cm³/mol. The molecule has 3 aliphatic rings. The van der Waals surface area contributed by atoms with Crippen molar-refractivity contribution >= 4 is 29.8 Å². The summed E-state index contributed by atoms with van der Waals surface area (Å²) in [4.78, 5) is 71.0. The highest BCUT2D eigenvalue weighted by atomic mass is 16.6. The topological polar surface area (TPSA) is 435 Å². The van der Waals surface area contributed by atoms with Crippen molar-refractivity contribution in [3.63, 3.8) is 0 Å². The molecule has 8 rings (SSSR count). The van der Waals surface area contributed by atoms with E-state index in [1.807, 2.05) is 0 Å². The van der Waals surface area contributed by atoms with Crippen molar-refractivity contribution in [2.75, 3.05) is 6.61 Å². The lowest BCUT2D eigenvalue weighted by molar-refractivity contribution is -0.170. The Bertz CT molecular complexity index is 3020. The molecule has 0 radical (unpaired) electrons. The standard InChI is InChI=1S/C42H30O25/c43-15-1-9(2-16(44)26(15)49)38(58)64-21-3-10-8-63-39(59)11-4-17(45)27(50)31(54)22(11)23-12(5-18(46)28(51)32(23)55)40(60)65-35(10)37-36(21)66-41(61)13-6-19(47)29(52)33(56)24(13)25-14(42(62)67-37)7-20(48)30(53)34(25)57/h1-2,4-7,10,21,35-37,43-57H,3,8H2/t10-,21-,35-,36+,37-/m1/s1. The van der Waals surface area contributed by atoms with Gasteiger partial charge in [-0.25, -0.2) is 24.0 Å². The minimum Gasteiger partial charge on any atom is -0.504 e. The van der Waals surface area contributed by atoms with Crippen molar-refractivity contribution in [2.45, 2.75) is 30.8 Å². The summed E-state index contributed by atoms with van der Waals surface area (Å²) in [6.07, 6.45) is -9.71. The van der Waals surface area contributed by atoms with E-state index in [0.717, 1.165) is 0 Å². The second-order valence-corrected chi connectivity index (χ2v) is 15.1. The minimum atomic E-state index is -2.39. The molecule has 0 aromatic heterocycles. The van der Waals surface area contributed by atoms with Gasteiger partial charge in [0.1, 0.15) is 12.2 Å². The predicted octanol–water partition coefficient (Wildman–Crippen LogP) is 2.31. The van der Waals surface area contributed by atoms with Crippen molar-refractivity contribution in [1.29, 1.82) is 0 Å². The number of hydrogen-bond acceptors (Lipinski definition) is 25. The number of ether oxygens (including phenoxy) is 5. The van der Waals surface area contributed by atoms with Gasteiger partial charge in [0.05, 0.1) is 34.4 Å². The highest BCUT2D eigenvalue weighted by Crippen LogP contribution is 2.55. The third-order valence-electron chi connectivity index (χ3n) is 11.1. The molecule has 67 heavy (non-hydrogen) atoms. The Kier molecular flexibility index (Phi) is 10.3. The van der Waals surface area contributed by atoms with Gasteiger partial charge >= 0.3 is 29.8 Å². The monoisotopic (exact) mass is 934 g/mol. The minimum absolute atomic E-state index is 0.442. The number of esters is 5. The van der Waals surface area contributed by atoms with Gasteiger partial charge in [0, 0.05) is 28.2 Å². The maximum absolute atomic E-state index is 14.5. The molecule has 0 bridgehead atoms. The van der Waals surface area contributed by atoms with E-state index in [4.69, 9.17) is 23.7 Å². The number of rotatable bonds is 2. The molecule has 25 nitrogen and oxygen atoms in total. The first kappa shape index (κ1) is 44.1. The van der Waals surface area contributed by atoms with Gasteiger partial charge < -0.3 is 100 Å². The summed E-state index contributed by atoms with van der Waals surface area (Å²) in [5.41, 5.74) is -8.87. The molecule has 0 spiro atoms. The Morgan fingerprint density at radius 3 is 1.13 bits per heavy atom. The van der Waals surface area contributed by atoms with Crippen LogP contribution in [0.15, 0.2) is 36.4 Å². The van der Waals surface area contributed by atoms with Gasteiger partial charge in [-0.2, -0.15) is 0 Å². The molecule has 5 aromatic carbocycles. The average Bonchev–Trinajstić information content (AvgIpc) is 3.29. The van der Waals surface area contributed by atoms with Crippen LogP contribution in [-0.4, -0.2) is 137 Å². The maximum atomic E-state index is 14.5. The molecule has 2 heterocycles. The summed E-state index contributed by atoms with van der Waals surface area (Å²) >= 11 is 0. The first-order valence-corrected chi connectivity index (χ1v) is 18.9. The van der Waals surface area contributed by atoms with E-state index in [0.29, 0.717) is 36.4 Å². The zero-order valence-corrected chi connectivity index (χ0v) is 33.1. The quantitative estimate of drug-likeness (QED) is 0.0686. The smallest absolute Gasteiger partial charge is 0.339 e. The van der Waals surface area contributed by atoms with Gasteiger partial charge in [0.2, 0.25) is 23.0 Å². The van der Waals surface area contributed by atoms with Crippen molar-refractivity contribution in [3.05, 3.63) is 64.2 Å². The van der Waals surface area contributed by atoms with Crippen LogP contribution in [0.3, 0.4) is 0 Å². The van der Waals surface area contributed by atoms with E-state index in [2.05, 4.69) is 0 Å². The lowest BCUT2D eigenvalue weighted by Crippen LogP contribution is -2.60. The van der Waals surface area contributed by atoms with Crippen LogP contribution >= 0.6 is 0 Å². The van der Waals surface area contributed by atoms with E-state index in [-0.39, 0.29) is 0 Å². The average molecular weight is 935 g/mol. The third kappa shape index (κ3) is 6.93. The van der Waals surface area contributed by atoms with Gasteiger partial charge in [-0.05, 0) is 42.8 Å². The maximum Gasteiger partial charge on any atom is 0.339 e. The van der Waals surface area contributed by atoms with Gasteiger partial charge in [0.25, 0.3) is 0 Å². The third-order valence-corrected chi connectivity index (χ3v) is 11.1. The van der Waals surface area contributed by atoms with E-state index in [1.54, 1.807) is 0 Å². The van der Waals surface area contributed by atoms with Crippen LogP contribution < -0.4 is 0 Å². The van der Waals surface area contributed by atoms with Gasteiger partial charge in [-0.15, -0.1) is 0 Å². The molecular formula is C42H30O25. The van der Waals surface area contributed by atoms with Crippen LogP contribution in [0, 0.1) is 5.92 Å². The Morgan fingerprint density at radius 1 is 0.418 bits per heavy atom. The molecule has 5 atom stereocenters. The van der Waals surface area contributed by atoms with Gasteiger partial charge in [0.15, 0.2) is 75.5 Å². The lowest BCUT2D eigenvalue weighted by Gasteiger charge is -2.44. The summed E-state index contributed by atoms with van der Waals surface area (Å²) in [7, 11) is 0. The van der Waals surface area contributed by atoms with Crippen molar-refractivity contribution < 1.29 is 124 Å². The SMILES string of the molecule is O=C(O[C@@H]1C[C@@H]2COC(=O)c3cc(O)c(O)c(O)c3-c3c(cc(O)c(O)c3O)C(=O)O[C@H]2[C@H]2OC(=O)c3cc(O)c(O)c(O)c3-c3c(cc(O)c(O)c3O)C(=O)O[C@H]21)c1cc(O)c(O)c(O)c1. The molecule has 2 aliphatic heterocycles. The van der Waals surface area contributed by atoms with Crippen LogP contribution in [0.5, 0.6) is 86.2 Å². The number of phenols is 15. The van der Waals surface area contributed by atoms with E-state index in [9.17, 15) is 101 Å². The van der Waals surface area contributed by atoms with E-state index >= 15 is 0 Å². The molecule has 15 N–H and O–H groups in total. The summed E-state index contributed by atoms with van der Waals surface area (Å²) in [5, 5.41) is 159. The number of fused-ring (bicyclic) bond motifs is 9. The molecule has 25 heteroatoms. The molecule has 1 saturated carbocycles. The van der Waals surface area contributed by atoms with Crippen LogP contribution in [0.2, 0.25) is 0 Å². The van der Waals surface area contributed by atoms with Gasteiger partial charge in [-0.1, -0.05) is 0 Å². The summed E-state index contributed by atoms with van der Waals surface area (Å²) in [6, 6.07) is 3.10. The Morgan fingerprint density at radius 2 is 0.746 bits per heavy atom. The summed E-state index contributed by atoms with van der Waals surface area (Å²) < 4.78 is 28.4. The highest BCUT2D eigenvalue weighted by Gasteiger charge is 2.55. The largest absolute Gasteiger partial charge is 0.504 e. The molecule has 1 aliphatic carbocycles. The number of cyclic esters (lactones) is 1. The number of aromatic hydroxyl groups is 15. The van der Waals surface area contributed by atoms with E-state index in [1.165, 1.54) is 0 Å². The number of benzene rings is 5. The molecule has 5 aromatic rings.